The lowest BCUT2D eigenvalue weighted by Crippen LogP contribution is -2.36. The Morgan fingerprint density at radius 3 is 2.20 bits per heavy atom. The molecule has 1 aliphatic heterocycles. The van der Waals surface area contributed by atoms with E-state index >= 15 is 0 Å². The maximum Gasteiger partial charge on any atom is 0.241 e. The van der Waals surface area contributed by atoms with Crippen LogP contribution in [0.25, 0.3) is 0 Å². The Morgan fingerprint density at radius 2 is 1.60 bits per heavy atom. The minimum atomic E-state index is -3.53. The van der Waals surface area contributed by atoms with E-state index in [9.17, 15) is 8.42 Å². The van der Waals surface area contributed by atoms with Gasteiger partial charge in [-0.2, -0.15) is 0 Å². The second-order valence-electron chi connectivity index (χ2n) is 6.35. The van der Waals surface area contributed by atoms with E-state index in [1.807, 2.05) is 38.1 Å². The van der Waals surface area contributed by atoms with Crippen molar-refractivity contribution in [1.82, 2.24) is 4.72 Å². The van der Waals surface area contributed by atoms with Crippen LogP contribution in [0.4, 0.5) is 5.69 Å². The summed E-state index contributed by atoms with van der Waals surface area (Å²) in [4.78, 5) is 2.56. The van der Waals surface area contributed by atoms with Gasteiger partial charge in [-0.15, -0.1) is 0 Å². The Bertz CT molecular complexity index is 796. The molecule has 1 heterocycles. The van der Waals surface area contributed by atoms with Gasteiger partial charge in [-0.3, -0.25) is 0 Å². The van der Waals surface area contributed by atoms with Gasteiger partial charge in [0.15, 0.2) is 0 Å². The van der Waals surface area contributed by atoms with Crippen molar-refractivity contribution in [2.45, 2.75) is 24.8 Å². The Kier molecular flexibility index (Phi) is 5.42. The van der Waals surface area contributed by atoms with Crippen LogP contribution in [-0.4, -0.2) is 34.7 Å². The first-order chi connectivity index (χ1) is 12.0. The third kappa shape index (κ3) is 4.39. The van der Waals surface area contributed by atoms with Crippen molar-refractivity contribution < 1.29 is 13.2 Å². The number of anilines is 1. The van der Waals surface area contributed by atoms with Crippen LogP contribution in [0.3, 0.4) is 0 Å². The van der Waals surface area contributed by atoms with Crippen molar-refractivity contribution in [1.29, 1.82) is 0 Å². The van der Waals surface area contributed by atoms with E-state index in [1.54, 1.807) is 24.3 Å². The minimum Gasteiger partial charge on any atom is -0.378 e. The van der Waals surface area contributed by atoms with E-state index < -0.39 is 10.0 Å². The Balaban J connectivity index is 1.70. The van der Waals surface area contributed by atoms with Crippen molar-refractivity contribution in [2.75, 3.05) is 31.2 Å². The summed E-state index contributed by atoms with van der Waals surface area (Å²) in [6.07, 6.45) is 0. The van der Waals surface area contributed by atoms with Crippen LogP contribution in [0.5, 0.6) is 0 Å². The number of nitrogens with zero attached hydrogens (tertiary/aromatic N) is 1. The summed E-state index contributed by atoms with van der Waals surface area (Å²) >= 11 is 0. The molecule has 1 aliphatic rings. The molecule has 0 spiro atoms. The van der Waals surface area contributed by atoms with Crippen molar-refractivity contribution in [3.05, 3.63) is 59.7 Å². The number of hydrogen-bond acceptors (Lipinski definition) is 4. The zero-order valence-corrected chi connectivity index (χ0v) is 15.4. The standard InChI is InChI=1S/C19H24N2O3S/c1-15-3-9-19(10-4-15)25(22,23)20-16(2)17-5-7-18(8-6-17)21-11-13-24-14-12-21/h3-10,16,20H,11-14H2,1-2H3/t16-/m0/s1. The number of rotatable bonds is 5. The first-order valence-electron chi connectivity index (χ1n) is 8.47. The SMILES string of the molecule is Cc1ccc(S(=O)(=O)N[C@@H](C)c2ccc(N3CCOCC3)cc2)cc1. The maximum absolute atomic E-state index is 12.5. The van der Waals surface area contributed by atoms with Gasteiger partial charge in [0.25, 0.3) is 0 Å². The number of benzene rings is 2. The largest absolute Gasteiger partial charge is 0.378 e. The summed E-state index contributed by atoms with van der Waals surface area (Å²) in [7, 11) is -3.53. The van der Waals surface area contributed by atoms with Gasteiger partial charge in [-0.25, -0.2) is 13.1 Å². The third-order valence-corrected chi connectivity index (χ3v) is 5.99. The highest BCUT2D eigenvalue weighted by atomic mass is 32.2. The monoisotopic (exact) mass is 360 g/mol. The predicted molar refractivity (Wildman–Crippen MR) is 99.4 cm³/mol. The highest BCUT2D eigenvalue weighted by molar-refractivity contribution is 7.89. The number of ether oxygens (including phenoxy) is 1. The molecule has 6 heteroatoms. The smallest absolute Gasteiger partial charge is 0.241 e. The molecule has 0 aliphatic carbocycles. The van der Waals surface area contributed by atoms with E-state index in [2.05, 4.69) is 9.62 Å². The van der Waals surface area contributed by atoms with E-state index in [0.29, 0.717) is 0 Å². The van der Waals surface area contributed by atoms with Crippen molar-refractivity contribution in [2.24, 2.45) is 0 Å². The van der Waals surface area contributed by atoms with Crippen LogP contribution in [0.1, 0.15) is 24.1 Å². The van der Waals surface area contributed by atoms with Crippen LogP contribution in [-0.2, 0) is 14.8 Å². The molecule has 1 N–H and O–H groups in total. The molecule has 0 unspecified atom stereocenters. The van der Waals surface area contributed by atoms with Crippen molar-refractivity contribution >= 4 is 15.7 Å². The molecule has 1 atom stereocenters. The zero-order chi connectivity index (χ0) is 17.9. The Labute approximate surface area is 149 Å². The Morgan fingerprint density at radius 1 is 1.00 bits per heavy atom. The minimum absolute atomic E-state index is 0.287. The quantitative estimate of drug-likeness (QED) is 0.891. The molecule has 0 saturated carbocycles. The lowest BCUT2D eigenvalue weighted by Gasteiger charge is -2.29. The highest BCUT2D eigenvalue weighted by Gasteiger charge is 2.18. The summed E-state index contributed by atoms with van der Waals surface area (Å²) in [6, 6.07) is 14.6. The van der Waals surface area contributed by atoms with E-state index in [-0.39, 0.29) is 10.9 Å². The van der Waals surface area contributed by atoms with E-state index in [0.717, 1.165) is 43.1 Å². The number of hydrogen-bond donors (Lipinski definition) is 1. The molecule has 2 aromatic carbocycles. The second-order valence-corrected chi connectivity index (χ2v) is 8.06. The number of morpholine rings is 1. The van der Waals surface area contributed by atoms with Crippen molar-refractivity contribution in [3.8, 4) is 0 Å². The first-order valence-corrected chi connectivity index (χ1v) is 9.96. The van der Waals surface area contributed by atoms with Gasteiger partial charge >= 0.3 is 0 Å². The maximum atomic E-state index is 12.5. The average Bonchev–Trinajstić information content (AvgIpc) is 2.62. The second kappa shape index (κ2) is 7.56. The number of aryl methyl sites for hydroxylation is 1. The molecule has 3 rings (SSSR count). The summed E-state index contributed by atoms with van der Waals surface area (Å²) < 4.78 is 33.1. The lowest BCUT2D eigenvalue weighted by molar-refractivity contribution is 0.122. The molecular weight excluding hydrogens is 336 g/mol. The zero-order valence-electron chi connectivity index (χ0n) is 14.6. The van der Waals surface area contributed by atoms with Crippen LogP contribution in [0.2, 0.25) is 0 Å². The molecule has 5 nitrogen and oxygen atoms in total. The fraction of sp³-hybridized carbons (Fsp3) is 0.368. The van der Waals surface area contributed by atoms with Crippen LogP contribution < -0.4 is 9.62 Å². The van der Waals surface area contributed by atoms with Crippen LogP contribution in [0.15, 0.2) is 53.4 Å². The number of sulfonamides is 1. The van der Waals surface area contributed by atoms with E-state index in [4.69, 9.17) is 4.74 Å². The molecule has 1 fully saturated rings. The molecule has 0 bridgehead atoms. The van der Waals surface area contributed by atoms with Crippen LogP contribution in [0, 0.1) is 6.92 Å². The molecular formula is C19H24N2O3S. The third-order valence-electron chi connectivity index (χ3n) is 4.43. The average molecular weight is 360 g/mol. The van der Waals surface area contributed by atoms with Gasteiger partial charge in [0, 0.05) is 24.8 Å². The fourth-order valence-corrected chi connectivity index (χ4v) is 4.11. The lowest BCUT2D eigenvalue weighted by atomic mass is 10.1. The summed E-state index contributed by atoms with van der Waals surface area (Å²) in [5, 5.41) is 0. The molecule has 25 heavy (non-hydrogen) atoms. The molecule has 2 aromatic rings. The highest BCUT2D eigenvalue weighted by Crippen LogP contribution is 2.22. The van der Waals surface area contributed by atoms with Crippen LogP contribution >= 0.6 is 0 Å². The number of nitrogens with one attached hydrogen (secondary N) is 1. The predicted octanol–water partition coefficient (Wildman–Crippen LogP) is 2.87. The van der Waals surface area contributed by atoms with Gasteiger partial charge < -0.3 is 9.64 Å². The van der Waals surface area contributed by atoms with Gasteiger partial charge in [0.2, 0.25) is 10.0 Å². The van der Waals surface area contributed by atoms with Gasteiger partial charge in [0.05, 0.1) is 18.1 Å². The van der Waals surface area contributed by atoms with E-state index in [1.165, 1.54) is 0 Å². The molecule has 134 valence electrons. The molecule has 1 saturated heterocycles. The molecule has 0 amide bonds. The van der Waals surface area contributed by atoms with Gasteiger partial charge in [-0.05, 0) is 43.7 Å². The Hall–Kier alpha value is -1.89. The first kappa shape index (κ1) is 17.9. The summed E-state index contributed by atoms with van der Waals surface area (Å²) in [6.45, 7) is 7.05. The summed E-state index contributed by atoms with van der Waals surface area (Å²) in [5.41, 5.74) is 3.11. The molecule has 0 aromatic heterocycles. The fourth-order valence-electron chi connectivity index (χ4n) is 2.88. The van der Waals surface area contributed by atoms with Crippen molar-refractivity contribution in [3.63, 3.8) is 0 Å². The van der Waals surface area contributed by atoms with Gasteiger partial charge in [-0.1, -0.05) is 29.8 Å². The normalized spacial score (nSPS) is 16.6. The topological polar surface area (TPSA) is 58.6 Å². The molecule has 0 radical (unpaired) electrons. The van der Waals surface area contributed by atoms with Gasteiger partial charge in [0.1, 0.15) is 0 Å². The summed E-state index contributed by atoms with van der Waals surface area (Å²) in [5.74, 6) is 0.